The number of aliphatic hydroxyl groups excluding tert-OH is 1. The van der Waals surface area contributed by atoms with Gasteiger partial charge in [0.1, 0.15) is 6.29 Å². The van der Waals surface area contributed by atoms with Crippen molar-refractivity contribution in [2.75, 3.05) is 0 Å². The third-order valence-corrected chi connectivity index (χ3v) is 2.61. The average Bonchev–Trinajstić information content (AvgIpc) is 2.40. The van der Waals surface area contributed by atoms with Gasteiger partial charge in [-0.05, 0) is 17.2 Å². The maximum atomic E-state index is 10.5. The highest BCUT2D eigenvalue weighted by molar-refractivity contribution is 5.74. The molecule has 0 amide bonds. The summed E-state index contributed by atoms with van der Waals surface area (Å²) in [6.45, 7) is 0. The van der Waals surface area contributed by atoms with E-state index in [9.17, 15) is 9.90 Å². The number of aromatic nitrogens is 1. The number of hydrogen-bond acceptors (Lipinski definition) is 3. The molecule has 3 heteroatoms. The van der Waals surface area contributed by atoms with Crippen LogP contribution in [-0.2, 0) is 6.42 Å². The first-order valence-electron chi connectivity index (χ1n) is 5.41. The molecule has 1 N–H and O–H groups in total. The van der Waals surface area contributed by atoms with E-state index in [1.165, 1.54) is 0 Å². The van der Waals surface area contributed by atoms with Gasteiger partial charge in [0.25, 0.3) is 0 Å². The van der Waals surface area contributed by atoms with Crippen LogP contribution in [0.25, 0.3) is 0 Å². The van der Waals surface area contributed by atoms with Crippen LogP contribution in [0.2, 0.25) is 0 Å². The smallest absolute Gasteiger partial charge is 0.150 e. The summed E-state index contributed by atoms with van der Waals surface area (Å²) in [5.41, 5.74) is 2.43. The monoisotopic (exact) mass is 227 g/mol. The third-order valence-electron chi connectivity index (χ3n) is 2.61. The molecule has 86 valence electrons. The molecular formula is C14H13NO2. The van der Waals surface area contributed by atoms with Gasteiger partial charge in [-0.3, -0.25) is 9.78 Å². The van der Waals surface area contributed by atoms with Crippen molar-refractivity contribution in [1.82, 2.24) is 4.98 Å². The molecule has 2 rings (SSSR count). The van der Waals surface area contributed by atoms with Crippen molar-refractivity contribution >= 4 is 6.29 Å². The van der Waals surface area contributed by atoms with Crippen molar-refractivity contribution in [2.24, 2.45) is 0 Å². The number of carbonyl (C=O) groups is 1. The van der Waals surface area contributed by atoms with Crippen LogP contribution in [0, 0.1) is 0 Å². The molecule has 0 spiro atoms. The lowest BCUT2D eigenvalue weighted by atomic mass is 10.0. The average molecular weight is 227 g/mol. The number of aliphatic hydroxyl groups is 1. The summed E-state index contributed by atoms with van der Waals surface area (Å²) in [6, 6.07) is 10.8. The maximum absolute atomic E-state index is 10.5. The highest BCUT2D eigenvalue weighted by Crippen LogP contribution is 2.17. The molecule has 17 heavy (non-hydrogen) atoms. The molecule has 1 aromatic carbocycles. The SMILES string of the molecule is O=Cc1ccc(CC(O)c2cccnc2)cc1. The molecule has 0 saturated heterocycles. The second-order valence-corrected chi connectivity index (χ2v) is 3.87. The second-order valence-electron chi connectivity index (χ2n) is 3.87. The summed E-state index contributed by atoms with van der Waals surface area (Å²) >= 11 is 0. The predicted octanol–water partition coefficient (Wildman–Crippen LogP) is 2.17. The van der Waals surface area contributed by atoms with E-state index in [-0.39, 0.29) is 0 Å². The Labute approximate surface area is 99.8 Å². The number of nitrogens with zero attached hydrogens (tertiary/aromatic N) is 1. The van der Waals surface area contributed by atoms with Crippen molar-refractivity contribution in [1.29, 1.82) is 0 Å². The van der Waals surface area contributed by atoms with Gasteiger partial charge in [0.15, 0.2) is 0 Å². The van der Waals surface area contributed by atoms with Crippen molar-refractivity contribution in [3.63, 3.8) is 0 Å². The van der Waals surface area contributed by atoms with E-state index in [1.807, 2.05) is 18.2 Å². The standard InChI is InChI=1S/C14H13NO2/c16-10-12-5-3-11(4-6-12)8-14(17)13-2-1-7-15-9-13/h1-7,9-10,14,17H,8H2. The van der Waals surface area contributed by atoms with Crippen LogP contribution in [0.15, 0.2) is 48.8 Å². The van der Waals surface area contributed by atoms with Crippen molar-refractivity contribution < 1.29 is 9.90 Å². The molecule has 2 aromatic rings. The third kappa shape index (κ3) is 2.98. The van der Waals surface area contributed by atoms with Crippen molar-refractivity contribution in [3.05, 3.63) is 65.5 Å². The summed E-state index contributed by atoms with van der Waals surface area (Å²) in [5.74, 6) is 0. The molecule has 1 unspecified atom stereocenters. The van der Waals surface area contributed by atoms with E-state index >= 15 is 0 Å². The van der Waals surface area contributed by atoms with Crippen LogP contribution in [0.1, 0.15) is 27.6 Å². The Balaban J connectivity index is 2.07. The zero-order valence-corrected chi connectivity index (χ0v) is 9.28. The lowest BCUT2D eigenvalue weighted by Gasteiger charge is -2.10. The minimum absolute atomic E-state index is 0.519. The molecule has 1 aromatic heterocycles. The van der Waals surface area contributed by atoms with Crippen molar-refractivity contribution in [3.8, 4) is 0 Å². The molecule has 0 saturated carbocycles. The minimum atomic E-state index is -0.564. The number of aldehydes is 1. The maximum Gasteiger partial charge on any atom is 0.150 e. The molecule has 0 aliphatic rings. The van der Waals surface area contributed by atoms with E-state index in [0.717, 1.165) is 17.4 Å². The normalized spacial score (nSPS) is 12.1. The Bertz CT molecular complexity index is 479. The van der Waals surface area contributed by atoms with Gasteiger partial charge in [-0.25, -0.2) is 0 Å². The zero-order chi connectivity index (χ0) is 12.1. The Hall–Kier alpha value is -2.00. The molecule has 0 radical (unpaired) electrons. The molecule has 1 atom stereocenters. The van der Waals surface area contributed by atoms with Crippen LogP contribution in [0.4, 0.5) is 0 Å². The van der Waals surface area contributed by atoms with Crippen LogP contribution in [0.5, 0.6) is 0 Å². The molecule has 0 aliphatic heterocycles. The van der Waals surface area contributed by atoms with E-state index in [4.69, 9.17) is 0 Å². The quantitative estimate of drug-likeness (QED) is 0.814. The first kappa shape index (κ1) is 11.5. The highest BCUT2D eigenvalue weighted by atomic mass is 16.3. The Kier molecular flexibility index (Phi) is 3.62. The Morgan fingerprint density at radius 1 is 1.24 bits per heavy atom. The van der Waals surface area contributed by atoms with Gasteiger partial charge in [0.05, 0.1) is 6.10 Å². The van der Waals surface area contributed by atoms with E-state index < -0.39 is 6.10 Å². The molecule has 0 aliphatic carbocycles. The summed E-state index contributed by atoms with van der Waals surface area (Å²) in [5, 5.41) is 9.99. The summed E-state index contributed by atoms with van der Waals surface area (Å²) in [7, 11) is 0. The van der Waals surface area contributed by atoms with E-state index in [2.05, 4.69) is 4.98 Å². The van der Waals surface area contributed by atoms with Gasteiger partial charge in [0, 0.05) is 24.4 Å². The summed E-state index contributed by atoms with van der Waals surface area (Å²) < 4.78 is 0. The number of pyridine rings is 1. The highest BCUT2D eigenvalue weighted by Gasteiger charge is 2.08. The topological polar surface area (TPSA) is 50.2 Å². The number of rotatable bonds is 4. The van der Waals surface area contributed by atoms with Gasteiger partial charge >= 0.3 is 0 Å². The Morgan fingerprint density at radius 3 is 2.59 bits per heavy atom. The predicted molar refractivity (Wildman–Crippen MR) is 64.7 cm³/mol. The largest absolute Gasteiger partial charge is 0.388 e. The first-order chi connectivity index (χ1) is 8.29. The minimum Gasteiger partial charge on any atom is -0.388 e. The number of carbonyl (C=O) groups excluding carboxylic acids is 1. The fourth-order valence-corrected chi connectivity index (χ4v) is 1.65. The van der Waals surface area contributed by atoms with Gasteiger partial charge in [-0.15, -0.1) is 0 Å². The fourth-order valence-electron chi connectivity index (χ4n) is 1.65. The molecule has 0 fully saturated rings. The van der Waals surface area contributed by atoms with E-state index in [1.54, 1.807) is 30.6 Å². The molecule has 0 bridgehead atoms. The van der Waals surface area contributed by atoms with Crippen LogP contribution < -0.4 is 0 Å². The summed E-state index contributed by atoms with van der Waals surface area (Å²) in [4.78, 5) is 14.5. The summed E-state index contributed by atoms with van der Waals surface area (Å²) in [6.07, 6.45) is 4.09. The lowest BCUT2D eigenvalue weighted by Crippen LogP contribution is -2.02. The fraction of sp³-hybridized carbons (Fsp3) is 0.143. The van der Waals surface area contributed by atoms with Crippen LogP contribution in [-0.4, -0.2) is 16.4 Å². The van der Waals surface area contributed by atoms with Crippen LogP contribution >= 0.6 is 0 Å². The van der Waals surface area contributed by atoms with Crippen LogP contribution in [0.3, 0.4) is 0 Å². The lowest BCUT2D eigenvalue weighted by molar-refractivity contribution is 0.112. The second kappa shape index (κ2) is 5.37. The van der Waals surface area contributed by atoms with Gasteiger partial charge in [-0.2, -0.15) is 0 Å². The van der Waals surface area contributed by atoms with E-state index in [0.29, 0.717) is 12.0 Å². The van der Waals surface area contributed by atoms with Gasteiger partial charge in [-0.1, -0.05) is 30.3 Å². The zero-order valence-electron chi connectivity index (χ0n) is 9.28. The first-order valence-corrected chi connectivity index (χ1v) is 5.41. The molecule has 3 nitrogen and oxygen atoms in total. The number of hydrogen-bond donors (Lipinski definition) is 1. The van der Waals surface area contributed by atoms with Crippen molar-refractivity contribution in [2.45, 2.75) is 12.5 Å². The molecular weight excluding hydrogens is 214 g/mol. The number of benzene rings is 1. The van der Waals surface area contributed by atoms with Gasteiger partial charge < -0.3 is 5.11 Å². The molecule has 1 heterocycles. The van der Waals surface area contributed by atoms with Gasteiger partial charge in [0.2, 0.25) is 0 Å². The Morgan fingerprint density at radius 2 is 2.00 bits per heavy atom.